The van der Waals surface area contributed by atoms with Crippen LogP contribution in [0.15, 0.2) is 203 Å². The normalized spacial score (nSPS) is 13.1. The highest BCUT2D eigenvalue weighted by Crippen LogP contribution is 2.46. The number of fused-ring (bicyclic) bond motifs is 8. The summed E-state index contributed by atoms with van der Waals surface area (Å²) in [7, 11) is -2.26. The average molecular weight is 775 g/mol. The van der Waals surface area contributed by atoms with Crippen LogP contribution < -0.4 is 20.2 Å². The van der Waals surface area contributed by atoms with Gasteiger partial charge in [0.15, 0.2) is 0 Å². The Morgan fingerprint density at radius 2 is 0.831 bits per heavy atom. The molecule has 0 spiro atoms. The van der Waals surface area contributed by atoms with Gasteiger partial charge in [-0.2, -0.15) is 0 Å². The van der Waals surface area contributed by atoms with Gasteiger partial charge in [-0.15, -0.1) is 0 Å². The molecule has 1 aliphatic rings. The van der Waals surface area contributed by atoms with Gasteiger partial charge in [0.2, 0.25) is 0 Å². The molecular weight excluding hydrogens is 737 g/mol. The van der Waals surface area contributed by atoms with Gasteiger partial charge in [0.05, 0.1) is 5.69 Å². The number of hydrogen-bond acceptors (Lipinski definition) is 4. The van der Waals surface area contributed by atoms with E-state index in [-0.39, 0.29) is 0 Å². The van der Waals surface area contributed by atoms with Crippen LogP contribution in [-0.4, -0.2) is 8.07 Å². The van der Waals surface area contributed by atoms with Crippen LogP contribution in [0.5, 0.6) is 0 Å². The van der Waals surface area contributed by atoms with E-state index < -0.39 is 8.07 Å². The van der Waals surface area contributed by atoms with Crippen molar-refractivity contribution in [3.63, 3.8) is 0 Å². The first-order valence-corrected chi connectivity index (χ1v) is 23.3. The molecule has 11 aromatic rings. The molecule has 1 aliphatic heterocycles. The first-order chi connectivity index (χ1) is 29.0. The van der Waals surface area contributed by atoms with Crippen molar-refractivity contribution < 1.29 is 8.83 Å². The number of rotatable bonds is 6. The summed E-state index contributed by atoms with van der Waals surface area (Å²) < 4.78 is 12.5. The van der Waals surface area contributed by atoms with Crippen LogP contribution in [-0.2, 0) is 0 Å². The highest BCUT2D eigenvalue weighted by Gasteiger charge is 2.37. The molecule has 12 rings (SSSR count). The molecule has 2 aromatic heterocycles. The smallest absolute Gasteiger partial charge is 0.135 e. The van der Waals surface area contributed by atoms with E-state index >= 15 is 0 Å². The van der Waals surface area contributed by atoms with Gasteiger partial charge in [-0.3, -0.25) is 0 Å². The Hall–Kier alpha value is -7.34. The number of furan rings is 2. The molecule has 0 aliphatic carbocycles. The lowest BCUT2D eigenvalue weighted by Crippen LogP contribution is -2.56. The Kier molecular flexibility index (Phi) is 7.34. The van der Waals surface area contributed by atoms with Crippen LogP contribution in [0.3, 0.4) is 0 Å². The van der Waals surface area contributed by atoms with E-state index in [1.54, 1.807) is 0 Å². The van der Waals surface area contributed by atoms with Crippen molar-refractivity contribution in [1.29, 1.82) is 0 Å². The summed E-state index contributed by atoms with van der Waals surface area (Å²) in [5.74, 6) is 0. The number of hydrogen-bond donors (Lipinski definition) is 0. The third-order valence-corrected chi connectivity index (χ3v) is 15.9. The van der Waals surface area contributed by atoms with Gasteiger partial charge in [0.25, 0.3) is 0 Å². The topological polar surface area (TPSA) is 32.8 Å². The van der Waals surface area contributed by atoms with E-state index in [1.807, 2.05) is 24.3 Å². The summed E-state index contributed by atoms with van der Waals surface area (Å²) in [6, 6.07) is 70.0. The SMILES string of the molecule is C[Si]1(C)c2cc(N(c3ccccc3)c3ccc4oc5ccccc5c4c3)ccc2-c2ccc(N(c3ccccc3)c3ccc4oc5ccccc5c4c3)c3cccc1c23. The molecule has 4 nitrogen and oxygen atoms in total. The number of anilines is 6. The molecule has 0 amide bonds. The molecule has 0 unspecified atom stereocenters. The van der Waals surface area contributed by atoms with Crippen molar-refractivity contribution in [2.75, 3.05) is 9.80 Å². The number of nitrogens with zero attached hydrogens (tertiary/aromatic N) is 2. The summed E-state index contributed by atoms with van der Waals surface area (Å²) in [6.07, 6.45) is 0. The zero-order chi connectivity index (χ0) is 39.2. The molecule has 0 fully saturated rings. The molecule has 59 heavy (non-hydrogen) atoms. The number of para-hydroxylation sites is 4. The second kappa shape index (κ2) is 12.8. The fourth-order valence-corrected chi connectivity index (χ4v) is 12.7. The first-order valence-electron chi connectivity index (χ1n) is 20.3. The summed E-state index contributed by atoms with van der Waals surface area (Å²) in [5.41, 5.74) is 12.9. The molecule has 0 saturated carbocycles. The van der Waals surface area contributed by atoms with Gasteiger partial charge in [-0.1, -0.05) is 116 Å². The minimum absolute atomic E-state index is 0.893. The Labute approximate surface area is 342 Å². The second-order valence-electron chi connectivity index (χ2n) is 16.1. The fraction of sp³-hybridized carbons (Fsp3) is 0.0370. The van der Waals surface area contributed by atoms with E-state index in [0.29, 0.717) is 0 Å². The van der Waals surface area contributed by atoms with Crippen LogP contribution in [0, 0.1) is 0 Å². The van der Waals surface area contributed by atoms with Gasteiger partial charge in [0, 0.05) is 55.4 Å². The van der Waals surface area contributed by atoms with Crippen molar-refractivity contribution >= 4 is 107 Å². The predicted octanol–water partition coefficient (Wildman–Crippen LogP) is 14.4. The van der Waals surface area contributed by atoms with E-state index in [0.717, 1.165) is 78.0 Å². The van der Waals surface area contributed by atoms with E-state index in [2.05, 4.69) is 193 Å². The Balaban J connectivity index is 1.03. The maximum Gasteiger partial charge on any atom is 0.135 e. The Bertz CT molecular complexity index is 3440. The van der Waals surface area contributed by atoms with Gasteiger partial charge in [-0.05, 0) is 118 Å². The van der Waals surface area contributed by atoms with E-state index in [4.69, 9.17) is 8.83 Å². The van der Waals surface area contributed by atoms with Gasteiger partial charge in [-0.25, -0.2) is 0 Å². The summed E-state index contributed by atoms with van der Waals surface area (Å²) in [4.78, 5) is 4.80. The Morgan fingerprint density at radius 1 is 0.339 bits per heavy atom. The highest BCUT2D eigenvalue weighted by atomic mass is 28.3. The molecule has 9 aromatic carbocycles. The van der Waals surface area contributed by atoms with Crippen LogP contribution in [0.1, 0.15) is 0 Å². The minimum Gasteiger partial charge on any atom is -0.456 e. The maximum absolute atomic E-state index is 6.26. The quantitative estimate of drug-likeness (QED) is 0.158. The van der Waals surface area contributed by atoms with Crippen molar-refractivity contribution in [3.05, 3.63) is 194 Å². The van der Waals surface area contributed by atoms with Crippen molar-refractivity contribution in [2.45, 2.75) is 13.1 Å². The molecular formula is C54H38N2O2Si. The molecule has 0 bridgehead atoms. The average Bonchev–Trinajstić information content (AvgIpc) is 3.85. The van der Waals surface area contributed by atoms with E-state index in [9.17, 15) is 0 Å². The third kappa shape index (κ3) is 5.15. The lowest BCUT2D eigenvalue weighted by molar-refractivity contribution is 0.668. The van der Waals surface area contributed by atoms with Crippen molar-refractivity contribution in [1.82, 2.24) is 0 Å². The largest absolute Gasteiger partial charge is 0.456 e. The van der Waals surface area contributed by atoms with Crippen LogP contribution >= 0.6 is 0 Å². The van der Waals surface area contributed by atoms with Gasteiger partial charge in [0.1, 0.15) is 30.4 Å². The van der Waals surface area contributed by atoms with Gasteiger partial charge >= 0.3 is 0 Å². The zero-order valence-corrected chi connectivity index (χ0v) is 33.7. The third-order valence-electron chi connectivity index (χ3n) is 12.4. The predicted molar refractivity (Wildman–Crippen MR) is 250 cm³/mol. The van der Waals surface area contributed by atoms with E-state index in [1.165, 1.54) is 32.3 Å². The zero-order valence-electron chi connectivity index (χ0n) is 32.7. The molecule has 0 atom stereocenters. The standard InChI is InChI=1S/C54H38N2O2Si/c1-59(2)52-23-13-20-44-47(56(36-16-7-4-8-17-36)38-26-31-51-46(33-38)41-19-10-12-22-49(41)58-51)29-28-43(54(44)52)42-27-24-39(34-53(42)59)55(35-14-5-3-6-15-35)37-25-30-50-45(32-37)40-18-9-11-21-48(40)57-50/h3-34H,1-2H3. The van der Waals surface area contributed by atoms with Crippen LogP contribution in [0.4, 0.5) is 34.1 Å². The Morgan fingerprint density at radius 3 is 1.47 bits per heavy atom. The molecule has 280 valence electrons. The molecule has 0 N–H and O–H groups in total. The van der Waals surface area contributed by atoms with Crippen molar-refractivity contribution in [3.8, 4) is 11.1 Å². The molecule has 5 heteroatoms. The van der Waals surface area contributed by atoms with Crippen molar-refractivity contribution in [2.24, 2.45) is 0 Å². The maximum atomic E-state index is 6.26. The van der Waals surface area contributed by atoms with Crippen LogP contribution in [0.25, 0.3) is 65.8 Å². The summed E-state index contributed by atoms with van der Waals surface area (Å²) in [6.45, 7) is 5.03. The van der Waals surface area contributed by atoms with Gasteiger partial charge < -0.3 is 18.6 Å². The lowest BCUT2D eigenvalue weighted by Gasteiger charge is -2.36. The lowest BCUT2D eigenvalue weighted by atomic mass is 9.95. The van der Waals surface area contributed by atoms with Crippen LogP contribution in [0.2, 0.25) is 13.1 Å². The number of benzene rings is 9. The monoisotopic (exact) mass is 774 g/mol. The molecule has 3 heterocycles. The summed E-state index contributed by atoms with van der Waals surface area (Å²) in [5, 5.41) is 9.99. The second-order valence-corrected chi connectivity index (χ2v) is 20.4. The molecule has 0 radical (unpaired) electrons. The summed E-state index contributed by atoms with van der Waals surface area (Å²) >= 11 is 0. The first kappa shape index (κ1) is 33.8. The highest BCUT2D eigenvalue weighted by molar-refractivity contribution is 7.03. The minimum atomic E-state index is -2.26. The molecule has 0 saturated heterocycles. The fourth-order valence-electron chi connectivity index (χ4n) is 9.63.